The summed E-state index contributed by atoms with van der Waals surface area (Å²) in [5.41, 5.74) is 3.75. The third kappa shape index (κ3) is 6.39. The maximum absolute atomic E-state index is 4.97. The van der Waals surface area contributed by atoms with Gasteiger partial charge >= 0.3 is 5.95 Å². The van der Waals surface area contributed by atoms with E-state index in [-0.39, 0.29) is 12.4 Å². The number of aromatic nitrogens is 2. The molecule has 1 aliphatic heterocycles. The number of nitrogens with zero attached hydrogens (tertiary/aromatic N) is 3. The van der Waals surface area contributed by atoms with Gasteiger partial charge in [0.15, 0.2) is 0 Å². The van der Waals surface area contributed by atoms with Crippen LogP contribution in [-0.4, -0.2) is 40.5 Å². The van der Waals surface area contributed by atoms with Gasteiger partial charge in [0.05, 0.1) is 16.9 Å². The molecule has 3 aromatic carbocycles. The monoisotopic (exact) mass is 474 g/mol. The highest BCUT2D eigenvalue weighted by Gasteiger charge is 2.24. The molecule has 5 nitrogen and oxygen atoms in total. The Morgan fingerprint density at radius 1 is 0.765 bits per heavy atom. The molecule has 0 spiro atoms. The van der Waals surface area contributed by atoms with Crippen molar-refractivity contribution in [2.24, 2.45) is 0 Å². The Balaban J connectivity index is 0.00000274. The number of para-hydroxylation sites is 1. The van der Waals surface area contributed by atoms with Crippen LogP contribution in [0.25, 0.3) is 10.9 Å². The van der Waals surface area contributed by atoms with Crippen molar-refractivity contribution in [3.63, 3.8) is 0 Å². The third-order valence-corrected chi connectivity index (χ3v) is 6.60. The van der Waals surface area contributed by atoms with E-state index in [2.05, 4.69) is 100 Å². The predicted octanol–water partition coefficient (Wildman–Crippen LogP) is -0.0691. The molecule has 1 aromatic heterocycles. The van der Waals surface area contributed by atoms with Gasteiger partial charge in [0.2, 0.25) is 5.82 Å². The average molecular weight is 475 g/mol. The van der Waals surface area contributed by atoms with E-state index in [1.54, 1.807) is 0 Å². The van der Waals surface area contributed by atoms with Crippen LogP contribution in [0.5, 0.6) is 0 Å². The number of hydrogen-bond acceptors (Lipinski definition) is 3. The Hall–Kier alpha value is -2.83. The predicted molar refractivity (Wildman–Crippen MR) is 132 cm³/mol. The van der Waals surface area contributed by atoms with Crippen LogP contribution in [0, 0.1) is 0 Å². The Morgan fingerprint density at radius 3 is 2.15 bits per heavy atom. The smallest absolute Gasteiger partial charge is 0.331 e. The normalized spacial score (nSPS) is 14.7. The summed E-state index contributed by atoms with van der Waals surface area (Å²) in [5.74, 6) is 1.91. The first-order chi connectivity index (χ1) is 16.3. The summed E-state index contributed by atoms with van der Waals surface area (Å²) in [6.45, 7) is 4.31. The highest BCUT2D eigenvalue weighted by molar-refractivity contribution is 5.86. The molecule has 2 heterocycles. The van der Waals surface area contributed by atoms with Crippen molar-refractivity contribution in [3.8, 4) is 0 Å². The van der Waals surface area contributed by atoms with Gasteiger partial charge in [-0.15, -0.1) is 4.98 Å². The largest absolute Gasteiger partial charge is 1.00 e. The Kier molecular flexibility index (Phi) is 8.61. The fourth-order valence-corrected chi connectivity index (χ4v) is 4.66. The SMILES string of the molecule is [Cl-].c1ccc(CCN2CCC([NH2+]c3nc([NH2+]Cc4ccccc4)c4ccccc4n3)CC2)cc1. The molecule has 0 amide bonds. The molecule has 1 saturated heterocycles. The van der Waals surface area contributed by atoms with Gasteiger partial charge in [0, 0.05) is 38.0 Å². The van der Waals surface area contributed by atoms with Crippen LogP contribution < -0.4 is 23.0 Å². The van der Waals surface area contributed by atoms with Crippen LogP contribution in [0.3, 0.4) is 0 Å². The van der Waals surface area contributed by atoms with Gasteiger partial charge in [-0.3, -0.25) is 10.6 Å². The molecule has 176 valence electrons. The molecule has 5 rings (SSSR count). The lowest BCUT2D eigenvalue weighted by Crippen LogP contribution is -3.00. The Labute approximate surface area is 208 Å². The molecule has 0 saturated carbocycles. The van der Waals surface area contributed by atoms with Gasteiger partial charge in [-0.25, -0.2) is 0 Å². The molecule has 0 unspecified atom stereocenters. The third-order valence-electron chi connectivity index (χ3n) is 6.60. The average Bonchev–Trinajstić information content (AvgIpc) is 2.88. The lowest BCUT2D eigenvalue weighted by Gasteiger charge is -2.30. The molecule has 1 aliphatic rings. The second-order valence-corrected chi connectivity index (χ2v) is 8.96. The van der Waals surface area contributed by atoms with Crippen molar-refractivity contribution in [3.05, 3.63) is 96.1 Å². The minimum Gasteiger partial charge on any atom is -1.00 e. The van der Waals surface area contributed by atoms with Crippen LogP contribution in [0.1, 0.15) is 24.0 Å². The topological polar surface area (TPSA) is 62.2 Å². The quantitative estimate of drug-likeness (QED) is 0.376. The van der Waals surface area contributed by atoms with Crippen LogP contribution in [-0.2, 0) is 13.0 Å². The van der Waals surface area contributed by atoms with Gasteiger partial charge in [0.25, 0.3) is 0 Å². The second-order valence-electron chi connectivity index (χ2n) is 8.96. The molecule has 0 bridgehead atoms. The number of nitrogens with two attached hydrogens (primary N) is 2. The van der Waals surface area contributed by atoms with E-state index >= 15 is 0 Å². The van der Waals surface area contributed by atoms with Gasteiger partial charge in [-0.2, -0.15) is 4.98 Å². The van der Waals surface area contributed by atoms with Crippen molar-refractivity contribution in [1.29, 1.82) is 0 Å². The van der Waals surface area contributed by atoms with Crippen molar-refractivity contribution in [2.45, 2.75) is 31.8 Å². The summed E-state index contributed by atoms with van der Waals surface area (Å²) in [4.78, 5) is 12.4. The lowest BCUT2D eigenvalue weighted by molar-refractivity contribution is -0.624. The van der Waals surface area contributed by atoms with E-state index in [9.17, 15) is 0 Å². The molecule has 0 aliphatic carbocycles. The minimum atomic E-state index is 0. The Morgan fingerprint density at radius 2 is 1.41 bits per heavy atom. The first-order valence-corrected chi connectivity index (χ1v) is 12.1. The van der Waals surface area contributed by atoms with E-state index < -0.39 is 0 Å². The fourth-order valence-electron chi connectivity index (χ4n) is 4.66. The van der Waals surface area contributed by atoms with E-state index in [4.69, 9.17) is 9.97 Å². The van der Waals surface area contributed by atoms with Crippen molar-refractivity contribution < 1.29 is 23.0 Å². The van der Waals surface area contributed by atoms with E-state index in [1.165, 1.54) is 24.0 Å². The number of halogens is 1. The number of likely N-dealkylation sites (tertiary alicyclic amines) is 1. The zero-order chi connectivity index (χ0) is 22.3. The highest BCUT2D eigenvalue weighted by atomic mass is 35.5. The van der Waals surface area contributed by atoms with Crippen LogP contribution in [0.2, 0.25) is 0 Å². The molecule has 4 aromatic rings. The molecular weight excluding hydrogens is 442 g/mol. The highest BCUT2D eigenvalue weighted by Crippen LogP contribution is 2.17. The molecular formula is C28H33ClN5+. The van der Waals surface area contributed by atoms with Crippen LogP contribution in [0.4, 0.5) is 11.8 Å². The maximum Gasteiger partial charge on any atom is 0.331 e. The summed E-state index contributed by atoms with van der Waals surface area (Å²) in [6, 6.07) is 30.3. The van der Waals surface area contributed by atoms with E-state index in [1.807, 2.05) is 0 Å². The number of hydrogen-bond donors (Lipinski definition) is 2. The van der Waals surface area contributed by atoms with Gasteiger partial charge in [-0.05, 0) is 24.1 Å². The second kappa shape index (κ2) is 12.0. The summed E-state index contributed by atoms with van der Waals surface area (Å²) in [6.07, 6.45) is 3.48. The lowest BCUT2D eigenvalue weighted by atomic mass is 10.0. The van der Waals surface area contributed by atoms with Gasteiger partial charge in [-0.1, -0.05) is 72.8 Å². The van der Waals surface area contributed by atoms with Crippen molar-refractivity contribution >= 4 is 22.7 Å². The summed E-state index contributed by atoms with van der Waals surface area (Å²) in [7, 11) is 0. The Bertz CT molecular complexity index is 1160. The number of quaternary nitrogens is 2. The molecule has 6 heteroatoms. The zero-order valence-electron chi connectivity index (χ0n) is 19.5. The number of rotatable bonds is 8. The molecule has 4 N–H and O–H groups in total. The fraction of sp³-hybridized carbons (Fsp3) is 0.286. The van der Waals surface area contributed by atoms with Crippen molar-refractivity contribution in [2.75, 3.05) is 19.6 Å². The zero-order valence-corrected chi connectivity index (χ0v) is 20.2. The van der Waals surface area contributed by atoms with Crippen LogP contribution >= 0.6 is 0 Å². The minimum absolute atomic E-state index is 0. The first-order valence-electron chi connectivity index (χ1n) is 12.1. The van der Waals surface area contributed by atoms with E-state index in [0.717, 1.165) is 55.3 Å². The number of benzene rings is 3. The number of piperidine rings is 1. The van der Waals surface area contributed by atoms with Crippen LogP contribution in [0.15, 0.2) is 84.9 Å². The first kappa shape index (κ1) is 24.3. The van der Waals surface area contributed by atoms with E-state index in [0.29, 0.717) is 6.04 Å². The summed E-state index contributed by atoms with van der Waals surface area (Å²) < 4.78 is 0. The molecule has 0 atom stereocenters. The summed E-state index contributed by atoms with van der Waals surface area (Å²) in [5, 5.41) is 5.67. The number of fused-ring (bicyclic) bond motifs is 1. The summed E-state index contributed by atoms with van der Waals surface area (Å²) >= 11 is 0. The molecule has 34 heavy (non-hydrogen) atoms. The van der Waals surface area contributed by atoms with Crippen molar-refractivity contribution in [1.82, 2.24) is 14.9 Å². The molecule has 0 radical (unpaired) electrons. The van der Waals surface area contributed by atoms with Gasteiger partial charge < -0.3 is 17.3 Å². The maximum atomic E-state index is 4.97. The van der Waals surface area contributed by atoms with Gasteiger partial charge in [0.1, 0.15) is 6.54 Å². The standard InChI is InChI=1S/C28H31N5.ClH/c1-3-9-22(10-4-1)15-18-33-19-16-24(17-20-33)30-28-31-26-14-8-7-13-25(26)27(32-28)29-21-23-11-5-2-6-12-23;/h1-14,24H,15-21H2,(H2,29,30,31,32);1H/p+1. The molecule has 1 fully saturated rings.